The molecule has 11 nitrogen and oxygen atoms in total. The monoisotopic (exact) mass is 699 g/mol. The van der Waals surface area contributed by atoms with E-state index in [4.69, 9.17) is 5.73 Å². The molecular weight excluding hydrogens is 649 g/mol. The standard InChI is InChI=1S/C39H50FN7O4/c40-32-13-12-27(23-33-29-10-4-5-11-30(29)36(49)43-42-33)22-31(32)37(50)46-20-18-45(19-21-46)34(48)24-44-16-6-14-39(25-44)15-7-17-47(26-39)38(51)35(41)28-8-2-1-3-9-28/h4-5,10-13,22,28,35H,1-3,6-9,14-21,23-26,41H2,(H,43,49)/t35-,39+/m1/s1. The minimum absolute atomic E-state index is 0.0106. The molecule has 1 spiro atoms. The lowest BCUT2D eigenvalue weighted by Gasteiger charge is -2.49. The summed E-state index contributed by atoms with van der Waals surface area (Å²) < 4.78 is 15.0. The first kappa shape index (κ1) is 35.3. The highest BCUT2D eigenvalue weighted by Gasteiger charge is 2.42. The van der Waals surface area contributed by atoms with E-state index in [0.717, 1.165) is 71.0 Å². The Morgan fingerprint density at radius 3 is 2.33 bits per heavy atom. The number of likely N-dealkylation sites (tertiary alicyclic amines) is 2. The molecule has 4 heterocycles. The van der Waals surface area contributed by atoms with Crippen LogP contribution < -0.4 is 11.3 Å². The molecule has 1 saturated carbocycles. The summed E-state index contributed by atoms with van der Waals surface area (Å²) in [5, 5.41) is 7.99. The fraction of sp³-hybridized carbons (Fsp3) is 0.564. The molecule has 3 N–H and O–H groups in total. The van der Waals surface area contributed by atoms with Crippen LogP contribution >= 0.6 is 0 Å². The number of rotatable bonds is 7. The Morgan fingerprint density at radius 1 is 0.863 bits per heavy atom. The van der Waals surface area contributed by atoms with E-state index in [1.165, 1.54) is 12.5 Å². The average molecular weight is 700 g/mol. The third-order valence-electron chi connectivity index (χ3n) is 11.8. The van der Waals surface area contributed by atoms with E-state index in [1.54, 1.807) is 29.2 Å². The van der Waals surface area contributed by atoms with E-state index in [9.17, 15) is 19.2 Å². The van der Waals surface area contributed by atoms with E-state index in [-0.39, 0.29) is 34.3 Å². The van der Waals surface area contributed by atoms with Gasteiger partial charge in [-0.1, -0.05) is 43.5 Å². The van der Waals surface area contributed by atoms with Crippen molar-refractivity contribution in [1.82, 2.24) is 29.8 Å². The normalized spacial score (nSPS) is 22.7. The van der Waals surface area contributed by atoms with Crippen LogP contribution in [-0.2, 0) is 16.0 Å². The van der Waals surface area contributed by atoms with Crippen molar-refractivity contribution in [2.75, 3.05) is 58.9 Å². The number of carbonyl (C=O) groups is 3. The topological polar surface area (TPSA) is 136 Å². The lowest BCUT2D eigenvalue weighted by molar-refractivity contribution is -0.141. The van der Waals surface area contributed by atoms with E-state index >= 15 is 4.39 Å². The number of fused-ring (bicyclic) bond motifs is 1. The van der Waals surface area contributed by atoms with Gasteiger partial charge in [-0.05, 0) is 74.8 Å². The van der Waals surface area contributed by atoms with Crippen LogP contribution in [0, 0.1) is 17.2 Å². The highest BCUT2D eigenvalue weighted by molar-refractivity contribution is 5.95. The molecule has 3 amide bonds. The summed E-state index contributed by atoms with van der Waals surface area (Å²) in [6, 6.07) is 11.3. The highest BCUT2D eigenvalue weighted by atomic mass is 19.1. The molecule has 12 heteroatoms. The van der Waals surface area contributed by atoms with Crippen LogP contribution in [-0.4, -0.2) is 112 Å². The number of benzene rings is 2. The number of hydrogen-bond acceptors (Lipinski definition) is 7. The smallest absolute Gasteiger partial charge is 0.272 e. The molecule has 0 unspecified atom stereocenters. The SMILES string of the molecule is N[C@@H](C(=O)N1CCC[C@]2(CCCN(CC(=O)N3CCN(C(=O)c4cc(Cc5n[nH]c(=O)c6ccccc56)ccc4F)CC3)C2)C1)C1CCCCC1. The van der Waals surface area contributed by atoms with Crippen molar-refractivity contribution in [3.8, 4) is 0 Å². The zero-order valence-electron chi connectivity index (χ0n) is 29.5. The quantitative estimate of drug-likeness (QED) is 0.385. The third-order valence-corrected chi connectivity index (χ3v) is 11.8. The van der Waals surface area contributed by atoms with Crippen LogP contribution in [0.5, 0.6) is 0 Å². The fourth-order valence-electron chi connectivity index (χ4n) is 9.05. The molecule has 2 atom stereocenters. The second-order valence-corrected chi connectivity index (χ2v) is 15.3. The second kappa shape index (κ2) is 15.2. The van der Waals surface area contributed by atoms with Gasteiger partial charge in [0.25, 0.3) is 11.5 Å². The first-order chi connectivity index (χ1) is 24.7. The number of aromatic amines is 1. The number of aromatic nitrogens is 2. The Balaban J connectivity index is 0.926. The van der Waals surface area contributed by atoms with Gasteiger partial charge >= 0.3 is 0 Å². The maximum atomic E-state index is 15.0. The summed E-state index contributed by atoms with van der Waals surface area (Å²) in [4.78, 5) is 60.4. The Hall–Kier alpha value is -4.16. The Morgan fingerprint density at radius 2 is 1.57 bits per heavy atom. The van der Waals surface area contributed by atoms with Gasteiger partial charge in [0.15, 0.2) is 0 Å². The lowest BCUT2D eigenvalue weighted by Crippen LogP contribution is -2.58. The van der Waals surface area contributed by atoms with Gasteiger partial charge in [0.2, 0.25) is 11.8 Å². The zero-order chi connectivity index (χ0) is 35.5. The lowest BCUT2D eigenvalue weighted by atomic mass is 9.73. The van der Waals surface area contributed by atoms with Crippen molar-refractivity contribution in [1.29, 1.82) is 0 Å². The number of piperidine rings is 2. The molecule has 4 aliphatic rings. The van der Waals surface area contributed by atoms with Gasteiger partial charge in [0.05, 0.1) is 29.2 Å². The molecule has 272 valence electrons. The second-order valence-electron chi connectivity index (χ2n) is 15.3. The minimum Gasteiger partial charge on any atom is -0.341 e. The maximum Gasteiger partial charge on any atom is 0.272 e. The molecule has 4 fully saturated rings. The van der Waals surface area contributed by atoms with Crippen LogP contribution in [0.15, 0.2) is 47.3 Å². The third kappa shape index (κ3) is 7.72. The number of piperazine rings is 1. The van der Waals surface area contributed by atoms with Crippen LogP contribution in [0.2, 0.25) is 0 Å². The van der Waals surface area contributed by atoms with Crippen LogP contribution in [0.1, 0.15) is 79.4 Å². The Labute approximate surface area is 298 Å². The molecule has 0 bridgehead atoms. The summed E-state index contributed by atoms with van der Waals surface area (Å²) in [6.45, 7) is 4.86. The summed E-state index contributed by atoms with van der Waals surface area (Å²) in [5.74, 6) is -0.571. The van der Waals surface area contributed by atoms with Gasteiger partial charge in [0.1, 0.15) is 5.82 Å². The molecule has 0 radical (unpaired) electrons. The van der Waals surface area contributed by atoms with E-state index in [0.29, 0.717) is 67.7 Å². The molecule has 2 aromatic carbocycles. The largest absolute Gasteiger partial charge is 0.341 e. The van der Waals surface area contributed by atoms with Crippen LogP contribution in [0.25, 0.3) is 10.8 Å². The molecular formula is C39H50FN7O4. The van der Waals surface area contributed by atoms with E-state index in [2.05, 4.69) is 15.1 Å². The molecule has 3 aromatic rings. The van der Waals surface area contributed by atoms with Crippen molar-refractivity contribution < 1.29 is 18.8 Å². The highest BCUT2D eigenvalue weighted by Crippen LogP contribution is 2.39. The summed E-state index contributed by atoms with van der Waals surface area (Å²) in [6.07, 6.45) is 10.0. The van der Waals surface area contributed by atoms with Crippen LogP contribution in [0.3, 0.4) is 0 Å². The van der Waals surface area contributed by atoms with Crippen molar-refractivity contribution in [2.45, 2.75) is 70.3 Å². The van der Waals surface area contributed by atoms with Gasteiger partial charge < -0.3 is 20.4 Å². The first-order valence-electron chi connectivity index (χ1n) is 18.8. The first-order valence-corrected chi connectivity index (χ1v) is 18.8. The predicted octanol–water partition coefficient (Wildman–Crippen LogP) is 3.55. The molecule has 51 heavy (non-hydrogen) atoms. The number of nitrogens with two attached hydrogens (primary N) is 1. The number of nitrogens with one attached hydrogen (secondary N) is 1. The fourth-order valence-corrected chi connectivity index (χ4v) is 9.05. The van der Waals surface area contributed by atoms with Gasteiger partial charge in [-0.25, -0.2) is 9.49 Å². The summed E-state index contributed by atoms with van der Waals surface area (Å²) >= 11 is 0. The van der Waals surface area contributed by atoms with Gasteiger partial charge in [-0.2, -0.15) is 5.10 Å². The summed E-state index contributed by atoms with van der Waals surface area (Å²) in [7, 11) is 0. The average Bonchev–Trinajstić information content (AvgIpc) is 3.16. The number of H-pyrrole nitrogens is 1. The molecule has 1 aliphatic carbocycles. The Kier molecular flexibility index (Phi) is 10.5. The Bertz CT molecular complexity index is 1810. The van der Waals surface area contributed by atoms with E-state index in [1.807, 2.05) is 21.9 Å². The van der Waals surface area contributed by atoms with Crippen molar-refractivity contribution in [3.05, 3.63) is 75.5 Å². The van der Waals surface area contributed by atoms with Crippen molar-refractivity contribution in [2.24, 2.45) is 17.1 Å². The zero-order valence-corrected chi connectivity index (χ0v) is 29.5. The minimum atomic E-state index is -0.598. The van der Waals surface area contributed by atoms with E-state index < -0.39 is 17.8 Å². The number of nitrogens with zero attached hydrogens (tertiary/aromatic N) is 5. The van der Waals surface area contributed by atoms with Gasteiger partial charge in [0, 0.05) is 63.0 Å². The number of hydrogen-bond donors (Lipinski definition) is 2. The predicted molar refractivity (Wildman–Crippen MR) is 193 cm³/mol. The summed E-state index contributed by atoms with van der Waals surface area (Å²) in [5.41, 5.74) is 7.57. The number of halogens is 1. The number of carbonyl (C=O) groups excluding carboxylic acids is 3. The molecule has 1 aromatic heterocycles. The molecule has 3 saturated heterocycles. The van der Waals surface area contributed by atoms with Gasteiger partial charge in [-0.15, -0.1) is 0 Å². The van der Waals surface area contributed by atoms with Crippen molar-refractivity contribution in [3.63, 3.8) is 0 Å². The molecule has 7 rings (SSSR count). The maximum absolute atomic E-state index is 15.0. The number of amides is 3. The van der Waals surface area contributed by atoms with Crippen LogP contribution in [0.4, 0.5) is 4.39 Å². The van der Waals surface area contributed by atoms with Gasteiger partial charge in [-0.3, -0.25) is 24.1 Å². The van der Waals surface area contributed by atoms with Crippen molar-refractivity contribution >= 4 is 28.5 Å². The molecule has 3 aliphatic heterocycles.